The van der Waals surface area contributed by atoms with Crippen molar-refractivity contribution in [3.63, 3.8) is 0 Å². The molecule has 2 rings (SSSR count). The summed E-state index contributed by atoms with van der Waals surface area (Å²) in [5, 5.41) is 3.00. The minimum Gasteiger partial charge on any atom is -0.346 e. The van der Waals surface area contributed by atoms with Gasteiger partial charge in [-0.25, -0.2) is 0 Å². The largest absolute Gasteiger partial charge is 0.346 e. The third-order valence-electron chi connectivity index (χ3n) is 3.03. The van der Waals surface area contributed by atoms with E-state index in [9.17, 15) is 4.79 Å². The third kappa shape index (κ3) is 3.67. The number of hydrogen-bond acceptors (Lipinski definition) is 1. The van der Waals surface area contributed by atoms with Gasteiger partial charge in [0.1, 0.15) is 0 Å². The van der Waals surface area contributed by atoms with E-state index in [4.69, 9.17) is 0 Å². The highest BCUT2D eigenvalue weighted by atomic mass is 79.9. The van der Waals surface area contributed by atoms with Gasteiger partial charge in [0.05, 0.1) is 6.04 Å². The van der Waals surface area contributed by atoms with Crippen molar-refractivity contribution in [2.45, 2.75) is 19.9 Å². The van der Waals surface area contributed by atoms with Gasteiger partial charge in [0, 0.05) is 10.0 Å². The highest BCUT2D eigenvalue weighted by molar-refractivity contribution is 9.10. The molecule has 0 heterocycles. The molecular weight excluding hydrogens is 302 g/mol. The average molecular weight is 318 g/mol. The van der Waals surface area contributed by atoms with Crippen LogP contribution in [0.3, 0.4) is 0 Å². The fourth-order valence-electron chi connectivity index (χ4n) is 1.82. The monoisotopic (exact) mass is 317 g/mol. The molecule has 1 N–H and O–H groups in total. The van der Waals surface area contributed by atoms with Crippen molar-refractivity contribution in [3.8, 4) is 0 Å². The molecule has 0 spiro atoms. The van der Waals surface area contributed by atoms with Gasteiger partial charge in [-0.3, -0.25) is 4.79 Å². The zero-order chi connectivity index (χ0) is 13.8. The summed E-state index contributed by atoms with van der Waals surface area (Å²) >= 11 is 3.36. The van der Waals surface area contributed by atoms with Crippen molar-refractivity contribution in [2.24, 2.45) is 0 Å². The SMILES string of the molecule is Cc1ccc([C@H](C)NC(=O)c2ccc(Br)cc2)cc1. The van der Waals surface area contributed by atoms with E-state index in [1.807, 2.05) is 31.2 Å². The Morgan fingerprint density at radius 3 is 2.21 bits per heavy atom. The van der Waals surface area contributed by atoms with Gasteiger partial charge in [-0.05, 0) is 43.7 Å². The molecule has 3 heteroatoms. The number of carbonyl (C=O) groups excluding carboxylic acids is 1. The van der Waals surface area contributed by atoms with Crippen molar-refractivity contribution in [1.82, 2.24) is 5.32 Å². The molecule has 19 heavy (non-hydrogen) atoms. The number of aryl methyl sites for hydroxylation is 1. The standard InChI is InChI=1S/C16H16BrNO/c1-11-3-5-13(6-4-11)12(2)18-16(19)14-7-9-15(17)10-8-14/h3-10,12H,1-2H3,(H,18,19)/t12-/m0/s1. The van der Waals surface area contributed by atoms with Gasteiger partial charge >= 0.3 is 0 Å². The molecule has 0 aromatic heterocycles. The fraction of sp³-hybridized carbons (Fsp3) is 0.188. The predicted octanol–water partition coefficient (Wildman–Crippen LogP) is 4.25. The lowest BCUT2D eigenvalue weighted by atomic mass is 10.1. The Balaban J connectivity index is 2.06. The van der Waals surface area contributed by atoms with Gasteiger partial charge in [0.2, 0.25) is 0 Å². The van der Waals surface area contributed by atoms with Crippen LogP contribution in [-0.2, 0) is 0 Å². The van der Waals surface area contributed by atoms with Crippen LogP contribution in [0.5, 0.6) is 0 Å². The van der Waals surface area contributed by atoms with Crippen molar-refractivity contribution >= 4 is 21.8 Å². The molecule has 0 radical (unpaired) electrons. The van der Waals surface area contributed by atoms with Crippen molar-refractivity contribution in [2.75, 3.05) is 0 Å². The first kappa shape index (κ1) is 13.8. The highest BCUT2D eigenvalue weighted by Crippen LogP contribution is 2.15. The smallest absolute Gasteiger partial charge is 0.251 e. The molecule has 2 nitrogen and oxygen atoms in total. The second-order valence-electron chi connectivity index (χ2n) is 4.61. The first-order chi connectivity index (χ1) is 9.06. The molecule has 2 aromatic carbocycles. The van der Waals surface area contributed by atoms with Gasteiger partial charge in [-0.15, -0.1) is 0 Å². The van der Waals surface area contributed by atoms with E-state index in [-0.39, 0.29) is 11.9 Å². The minimum absolute atomic E-state index is 0.00301. The lowest BCUT2D eigenvalue weighted by Gasteiger charge is -2.14. The lowest BCUT2D eigenvalue weighted by molar-refractivity contribution is 0.0940. The first-order valence-corrected chi connectivity index (χ1v) is 6.98. The predicted molar refractivity (Wildman–Crippen MR) is 81.2 cm³/mol. The summed E-state index contributed by atoms with van der Waals surface area (Å²) in [4.78, 5) is 12.1. The quantitative estimate of drug-likeness (QED) is 0.901. The van der Waals surface area contributed by atoms with Crippen LogP contribution in [-0.4, -0.2) is 5.91 Å². The van der Waals surface area contributed by atoms with E-state index < -0.39 is 0 Å². The van der Waals surface area contributed by atoms with E-state index in [0.29, 0.717) is 5.56 Å². The Bertz CT molecular complexity index is 560. The molecule has 0 unspecified atom stereocenters. The van der Waals surface area contributed by atoms with Gasteiger partial charge in [-0.2, -0.15) is 0 Å². The number of carbonyl (C=O) groups is 1. The van der Waals surface area contributed by atoms with Crippen LogP contribution in [0.15, 0.2) is 53.0 Å². The molecule has 0 saturated carbocycles. The average Bonchev–Trinajstić information content (AvgIpc) is 2.40. The summed E-state index contributed by atoms with van der Waals surface area (Å²) in [7, 11) is 0. The number of amides is 1. The summed E-state index contributed by atoms with van der Waals surface area (Å²) in [6, 6.07) is 15.5. The molecule has 1 atom stereocenters. The number of rotatable bonds is 3. The first-order valence-electron chi connectivity index (χ1n) is 6.19. The topological polar surface area (TPSA) is 29.1 Å². The fourth-order valence-corrected chi connectivity index (χ4v) is 2.08. The second-order valence-corrected chi connectivity index (χ2v) is 5.53. The zero-order valence-corrected chi connectivity index (χ0v) is 12.6. The van der Waals surface area contributed by atoms with E-state index in [2.05, 4.69) is 40.3 Å². The van der Waals surface area contributed by atoms with Crippen LogP contribution in [0.25, 0.3) is 0 Å². The summed E-state index contributed by atoms with van der Waals surface area (Å²) in [6.07, 6.45) is 0. The molecule has 1 amide bonds. The number of nitrogens with one attached hydrogen (secondary N) is 1. The molecule has 0 fully saturated rings. The maximum atomic E-state index is 12.1. The summed E-state index contributed by atoms with van der Waals surface area (Å²) in [5.74, 6) is -0.0550. The molecule has 0 saturated heterocycles. The van der Waals surface area contributed by atoms with Crippen molar-refractivity contribution < 1.29 is 4.79 Å². The molecular formula is C16H16BrNO. The van der Waals surface area contributed by atoms with Crippen molar-refractivity contribution in [3.05, 3.63) is 69.7 Å². The molecule has 0 aliphatic heterocycles. The molecule has 0 aliphatic rings. The molecule has 0 bridgehead atoms. The Labute approximate surface area is 122 Å². The van der Waals surface area contributed by atoms with Crippen LogP contribution in [0.2, 0.25) is 0 Å². The van der Waals surface area contributed by atoms with Crippen LogP contribution < -0.4 is 5.32 Å². The maximum Gasteiger partial charge on any atom is 0.251 e. The zero-order valence-electron chi connectivity index (χ0n) is 11.0. The minimum atomic E-state index is -0.0550. The second kappa shape index (κ2) is 6.02. The highest BCUT2D eigenvalue weighted by Gasteiger charge is 2.10. The number of hydrogen-bond donors (Lipinski definition) is 1. The summed E-state index contributed by atoms with van der Waals surface area (Å²) in [6.45, 7) is 4.04. The molecule has 98 valence electrons. The van der Waals surface area contributed by atoms with Crippen LogP contribution >= 0.6 is 15.9 Å². The molecule has 2 aromatic rings. The maximum absolute atomic E-state index is 12.1. The normalized spacial score (nSPS) is 11.9. The Kier molecular flexibility index (Phi) is 4.38. The van der Waals surface area contributed by atoms with E-state index in [1.165, 1.54) is 5.56 Å². The van der Waals surface area contributed by atoms with E-state index in [1.54, 1.807) is 12.1 Å². The summed E-state index contributed by atoms with van der Waals surface area (Å²) < 4.78 is 0.968. The number of halogens is 1. The lowest BCUT2D eigenvalue weighted by Crippen LogP contribution is -2.26. The van der Waals surface area contributed by atoms with E-state index in [0.717, 1.165) is 10.0 Å². The van der Waals surface area contributed by atoms with Crippen LogP contribution in [0.4, 0.5) is 0 Å². The van der Waals surface area contributed by atoms with Crippen molar-refractivity contribution in [1.29, 1.82) is 0 Å². The van der Waals surface area contributed by atoms with Gasteiger partial charge in [-0.1, -0.05) is 45.8 Å². The van der Waals surface area contributed by atoms with Gasteiger partial charge in [0.25, 0.3) is 5.91 Å². The molecule has 0 aliphatic carbocycles. The Morgan fingerprint density at radius 2 is 1.63 bits per heavy atom. The number of benzene rings is 2. The van der Waals surface area contributed by atoms with Gasteiger partial charge in [0.15, 0.2) is 0 Å². The van der Waals surface area contributed by atoms with Gasteiger partial charge < -0.3 is 5.32 Å². The third-order valence-corrected chi connectivity index (χ3v) is 3.56. The van der Waals surface area contributed by atoms with Crippen LogP contribution in [0.1, 0.15) is 34.5 Å². The summed E-state index contributed by atoms with van der Waals surface area (Å²) in [5.41, 5.74) is 2.99. The van der Waals surface area contributed by atoms with E-state index >= 15 is 0 Å². The Morgan fingerprint density at radius 1 is 1.05 bits per heavy atom. The Hall–Kier alpha value is -1.61. The van der Waals surface area contributed by atoms with Crippen LogP contribution in [0, 0.1) is 6.92 Å².